The Morgan fingerprint density at radius 1 is 0.793 bits per heavy atom. The molecule has 0 saturated carbocycles. The van der Waals surface area contributed by atoms with Crippen LogP contribution in [0.4, 0.5) is 4.39 Å². The van der Waals surface area contributed by atoms with Crippen molar-refractivity contribution in [1.82, 2.24) is 10.9 Å². The van der Waals surface area contributed by atoms with E-state index >= 15 is 0 Å². The molecule has 0 aliphatic heterocycles. The lowest BCUT2D eigenvalue weighted by Gasteiger charge is -2.12. The van der Waals surface area contributed by atoms with Crippen LogP contribution in [0.15, 0.2) is 78.9 Å². The van der Waals surface area contributed by atoms with Crippen molar-refractivity contribution < 1.29 is 18.7 Å². The van der Waals surface area contributed by atoms with Crippen LogP contribution in [0.25, 0.3) is 0 Å². The lowest BCUT2D eigenvalue weighted by atomic mass is 10.0. The number of carbonyl (C=O) groups excluding carboxylic acids is 2. The zero-order valence-electron chi connectivity index (χ0n) is 15.7. The smallest absolute Gasteiger partial charge is 0.276 e. The Hall–Kier alpha value is -3.67. The van der Waals surface area contributed by atoms with Gasteiger partial charge in [0.25, 0.3) is 5.91 Å². The zero-order valence-corrected chi connectivity index (χ0v) is 15.7. The number of amides is 2. The second-order valence-electron chi connectivity index (χ2n) is 6.46. The highest BCUT2D eigenvalue weighted by Gasteiger charge is 2.09. The summed E-state index contributed by atoms with van der Waals surface area (Å²) in [6, 6.07) is 23.2. The van der Waals surface area contributed by atoms with Crippen LogP contribution in [0.2, 0.25) is 0 Å². The zero-order chi connectivity index (χ0) is 20.5. The second kappa shape index (κ2) is 10.0. The van der Waals surface area contributed by atoms with Gasteiger partial charge in [0.1, 0.15) is 11.6 Å². The fourth-order valence-corrected chi connectivity index (χ4v) is 2.80. The van der Waals surface area contributed by atoms with Gasteiger partial charge in [-0.2, -0.15) is 0 Å². The third kappa shape index (κ3) is 6.46. The maximum Gasteiger partial charge on any atom is 0.276 e. The average molecular weight is 392 g/mol. The molecule has 0 aliphatic rings. The lowest BCUT2D eigenvalue weighted by Crippen LogP contribution is -2.44. The number of rotatable bonds is 7. The van der Waals surface area contributed by atoms with Crippen molar-refractivity contribution in [3.8, 4) is 5.75 Å². The molecule has 0 aromatic heterocycles. The monoisotopic (exact) mass is 392 g/mol. The number of nitrogens with one attached hydrogen (secondary N) is 2. The Kier molecular flexibility index (Phi) is 6.95. The molecular formula is C23H21FN2O3. The summed E-state index contributed by atoms with van der Waals surface area (Å²) in [7, 11) is 0. The van der Waals surface area contributed by atoms with Crippen LogP contribution in [-0.2, 0) is 22.4 Å². The molecule has 6 heteroatoms. The highest BCUT2D eigenvalue weighted by molar-refractivity contribution is 5.83. The van der Waals surface area contributed by atoms with E-state index in [4.69, 9.17) is 4.74 Å². The van der Waals surface area contributed by atoms with Gasteiger partial charge in [0.05, 0.1) is 6.42 Å². The second-order valence-corrected chi connectivity index (χ2v) is 6.46. The standard InChI is InChI=1S/C23H21FN2O3/c24-20-11-6-9-18(14-20)15-22(27)25-26-23(28)16-29-21-12-5-4-10-19(21)13-17-7-2-1-3-8-17/h1-12,14H,13,15-16H2,(H,25,27)(H,26,28). The van der Waals surface area contributed by atoms with Crippen LogP contribution >= 0.6 is 0 Å². The maximum absolute atomic E-state index is 13.1. The molecule has 0 radical (unpaired) electrons. The van der Waals surface area contributed by atoms with E-state index in [1.165, 1.54) is 18.2 Å². The molecular weight excluding hydrogens is 371 g/mol. The Bertz CT molecular complexity index is 977. The van der Waals surface area contributed by atoms with E-state index in [1.807, 2.05) is 48.5 Å². The van der Waals surface area contributed by atoms with Crippen molar-refractivity contribution in [3.63, 3.8) is 0 Å². The number of hydrogen-bond acceptors (Lipinski definition) is 3. The molecule has 0 aliphatic carbocycles. The van der Waals surface area contributed by atoms with Gasteiger partial charge in [0, 0.05) is 6.42 Å². The van der Waals surface area contributed by atoms with E-state index in [1.54, 1.807) is 12.1 Å². The van der Waals surface area contributed by atoms with E-state index in [2.05, 4.69) is 10.9 Å². The summed E-state index contributed by atoms with van der Waals surface area (Å²) in [5, 5.41) is 0. The largest absolute Gasteiger partial charge is 0.483 e. The summed E-state index contributed by atoms with van der Waals surface area (Å²) in [4.78, 5) is 23.9. The molecule has 0 fully saturated rings. The summed E-state index contributed by atoms with van der Waals surface area (Å²) in [5.74, 6) is -0.750. The maximum atomic E-state index is 13.1. The summed E-state index contributed by atoms with van der Waals surface area (Å²) in [6.45, 7) is -0.244. The van der Waals surface area contributed by atoms with Gasteiger partial charge in [-0.1, -0.05) is 60.7 Å². The van der Waals surface area contributed by atoms with E-state index in [0.29, 0.717) is 17.7 Å². The minimum absolute atomic E-state index is 0.0429. The molecule has 0 heterocycles. The molecule has 0 saturated heterocycles. The fourth-order valence-electron chi connectivity index (χ4n) is 2.80. The molecule has 29 heavy (non-hydrogen) atoms. The van der Waals surface area contributed by atoms with Crippen LogP contribution in [0.5, 0.6) is 5.75 Å². The molecule has 0 bridgehead atoms. The number of ether oxygens (including phenoxy) is 1. The topological polar surface area (TPSA) is 67.4 Å². The van der Waals surface area contributed by atoms with Crippen molar-refractivity contribution in [2.75, 3.05) is 6.61 Å². The van der Waals surface area contributed by atoms with Gasteiger partial charge in [-0.15, -0.1) is 0 Å². The van der Waals surface area contributed by atoms with Gasteiger partial charge in [-0.05, 0) is 34.9 Å². The normalized spacial score (nSPS) is 10.2. The summed E-state index contributed by atoms with van der Waals surface area (Å²) in [5.41, 5.74) is 7.21. The highest BCUT2D eigenvalue weighted by atomic mass is 19.1. The molecule has 5 nitrogen and oxygen atoms in total. The molecule has 0 atom stereocenters. The van der Waals surface area contributed by atoms with Crippen molar-refractivity contribution in [2.45, 2.75) is 12.8 Å². The number of para-hydroxylation sites is 1. The molecule has 3 rings (SSSR count). The van der Waals surface area contributed by atoms with Gasteiger partial charge < -0.3 is 4.74 Å². The number of halogens is 1. The molecule has 3 aromatic carbocycles. The van der Waals surface area contributed by atoms with Crippen LogP contribution in [0.1, 0.15) is 16.7 Å². The number of hydrazine groups is 1. The van der Waals surface area contributed by atoms with Crippen LogP contribution in [0, 0.1) is 5.82 Å². The molecule has 2 N–H and O–H groups in total. The first-order valence-corrected chi connectivity index (χ1v) is 9.17. The Morgan fingerprint density at radius 2 is 1.48 bits per heavy atom. The quantitative estimate of drug-likeness (QED) is 0.607. The van der Waals surface area contributed by atoms with E-state index in [0.717, 1.165) is 11.1 Å². The minimum atomic E-state index is -0.493. The van der Waals surface area contributed by atoms with Crippen molar-refractivity contribution in [3.05, 3.63) is 101 Å². The van der Waals surface area contributed by atoms with Crippen molar-refractivity contribution in [1.29, 1.82) is 0 Å². The van der Waals surface area contributed by atoms with Crippen molar-refractivity contribution >= 4 is 11.8 Å². The van der Waals surface area contributed by atoms with Crippen LogP contribution < -0.4 is 15.6 Å². The first kappa shape index (κ1) is 20.1. The SMILES string of the molecule is O=C(COc1ccccc1Cc1ccccc1)NNC(=O)Cc1cccc(F)c1. The highest BCUT2D eigenvalue weighted by Crippen LogP contribution is 2.21. The molecule has 0 spiro atoms. The molecule has 2 amide bonds. The molecule has 0 unspecified atom stereocenters. The van der Waals surface area contributed by atoms with Gasteiger partial charge in [0.2, 0.25) is 5.91 Å². The Balaban J connectivity index is 1.47. The van der Waals surface area contributed by atoms with Gasteiger partial charge in [0.15, 0.2) is 6.61 Å². The minimum Gasteiger partial charge on any atom is -0.483 e. The van der Waals surface area contributed by atoms with Gasteiger partial charge >= 0.3 is 0 Å². The van der Waals surface area contributed by atoms with Gasteiger partial charge in [-0.25, -0.2) is 4.39 Å². The van der Waals surface area contributed by atoms with Crippen molar-refractivity contribution in [2.24, 2.45) is 0 Å². The van der Waals surface area contributed by atoms with E-state index < -0.39 is 17.6 Å². The third-order valence-corrected chi connectivity index (χ3v) is 4.16. The first-order valence-electron chi connectivity index (χ1n) is 9.17. The number of benzene rings is 3. The number of carbonyl (C=O) groups is 2. The van der Waals surface area contributed by atoms with E-state index in [-0.39, 0.29) is 13.0 Å². The molecule has 148 valence electrons. The summed E-state index contributed by atoms with van der Waals surface area (Å²) in [6.07, 6.45) is 0.641. The van der Waals surface area contributed by atoms with Gasteiger partial charge in [-0.3, -0.25) is 20.4 Å². The predicted octanol–water partition coefficient (Wildman–Crippen LogP) is 3.19. The predicted molar refractivity (Wildman–Crippen MR) is 108 cm³/mol. The third-order valence-electron chi connectivity index (χ3n) is 4.16. The average Bonchev–Trinajstić information content (AvgIpc) is 2.72. The fraction of sp³-hybridized carbons (Fsp3) is 0.130. The van der Waals surface area contributed by atoms with E-state index in [9.17, 15) is 14.0 Å². The summed E-state index contributed by atoms with van der Waals surface area (Å²) >= 11 is 0. The van der Waals surface area contributed by atoms with Crippen LogP contribution in [-0.4, -0.2) is 18.4 Å². The molecule has 3 aromatic rings. The number of hydrogen-bond donors (Lipinski definition) is 2. The lowest BCUT2D eigenvalue weighted by molar-refractivity contribution is -0.129. The Labute approximate surface area is 168 Å². The first-order chi connectivity index (χ1) is 14.1. The van der Waals surface area contributed by atoms with Crippen LogP contribution in [0.3, 0.4) is 0 Å². The Morgan fingerprint density at radius 3 is 2.28 bits per heavy atom. The summed E-state index contributed by atoms with van der Waals surface area (Å²) < 4.78 is 18.8.